The van der Waals surface area contributed by atoms with Crippen molar-refractivity contribution in [1.29, 1.82) is 5.26 Å². The van der Waals surface area contributed by atoms with Gasteiger partial charge in [0.1, 0.15) is 22.3 Å². The molecule has 0 bridgehead atoms. The number of nitrogens with zero attached hydrogens (tertiary/aromatic N) is 1. The van der Waals surface area contributed by atoms with Gasteiger partial charge in [0.15, 0.2) is 0 Å². The van der Waals surface area contributed by atoms with Crippen LogP contribution in [0.5, 0.6) is 0 Å². The Bertz CT molecular complexity index is 781. The van der Waals surface area contributed by atoms with E-state index in [1.165, 1.54) is 23.5 Å². The highest BCUT2D eigenvalue weighted by Crippen LogP contribution is 2.21. The fourth-order valence-corrected chi connectivity index (χ4v) is 4.18. The molecule has 0 atom stereocenters. The second-order valence-electron chi connectivity index (χ2n) is 3.78. The first-order valence-electron chi connectivity index (χ1n) is 5.35. The Morgan fingerprint density at radius 1 is 1.45 bits per heavy atom. The van der Waals surface area contributed by atoms with Gasteiger partial charge in [0, 0.05) is 21.3 Å². The van der Waals surface area contributed by atoms with Crippen LogP contribution in [0.3, 0.4) is 0 Å². The minimum atomic E-state index is -3.94. The third-order valence-corrected chi connectivity index (χ3v) is 5.58. The van der Waals surface area contributed by atoms with Gasteiger partial charge >= 0.3 is 0 Å². The van der Waals surface area contributed by atoms with Crippen molar-refractivity contribution in [3.63, 3.8) is 0 Å². The van der Waals surface area contributed by atoms with Crippen molar-refractivity contribution in [3.05, 3.63) is 50.4 Å². The summed E-state index contributed by atoms with van der Waals surface area (Å²) < 4.78 is 40.9. The summed E-state index contributed by atoms with van der Waals surface area (Å²) in [5.41, 5.74) is -0.479. The summed E-state index contributed by atoms with van der Waals surface area (Å²) in [5, 5.41) is 10.7. The zero-order valence-electron chi connectivity index (χ0n) is 9.93. The highest BCUT2D eigenvalue weighted by Gasteiger charge is 2.21. The van der Waals surface area contributed by atoms with E-state index in [0.29, 0.717) is 0 Å². The number of hydrogen-bond donors (Lipinski definition) is 1. The average Bonchev–Trinajstić information content (AvgIpc) is 2.82. The standard InChI is InChI=1S/C12H8BrFN2O2S2/c13-8-4-9(19-7-8)6-16-20(17,18)12-3-1-2-11(14)10(12)5-15/h1-4,7,16H,6H2. The van der Waals surface area contributed by atoms with E-state index in [0.717, 1.165) is 15.4 Å². The number of nitrogens with one attached hydrogen (secondary N) is 1. The Balaban J connectivity index is 2.27. The highest BCUT2D eigenvalue weighted by atomic mass is 79.9. The van der Waals surface area contributed by atoms with Crippen LogP contribution in [-0.2, 0) is 16.6 Å². The van der Waals surface area contributed by atoms with Gasteiger partial charge in [-0.05, 0) is 34.1 Å². The lowest BCUT2D eigenvalue weighted by Gasteiger charge is -2.07. The van der Waals surface area contributed by atoms with Gasteiger partial charge in [-0.1, -0.05) is 6.07 Å². The number of rotatable bonds is 4. The smallest absolute Gasteiger partial charge is 0.207 e. The molecule has 1 aromatic heterocycles. The Kier molecular flexibility index (Phi) is 4.55. The number of nitriles is 1. The number of halogens is 2. The summed E-state index contributed by atoms with van der Waals surface area (Å²) in [7, 11) is -3.94. The summed E-state index contributed by atoms with van der Waals surface area (Å²) in [6.45, 7) is 0.0833. The molecule has 0 aliphatic heterocycles. The molecular weight excluding hydrogens is 367 g/mol. The lowest BCUT2D eigenvalue weighted by atomic mass is 10.2. The SMILES string of the molecule is N#Cc1c(F)cccc1S(=O)(=O)NCc1cc(Br)cs1. The van der Waals surface area contributed by atoms with Crippen molar-refractivity contribution in [2.45, 2.75) is 11.4 Å². The first-order valence-corrected chi connectivity index (χ1v) is 8.51. The zero-order chi connectivity index (χ0) is 14.8. The molecule has 20 heavy (non-hydrogen) atoms. The van der Waals surface area contributed by atoms with Crippen LogP contribution in [0, 0.1) is 17.1 Å². The molecule has 104 valence electrons. The number of sulfonamides is 1. The molecule has 0 aliphatic rings. The third-order valence-electron chi connectivity index (χ3n) is 2.43. The first-order chi connectivity index (χ1) is 9.44. The van der Waals surface area contributed by atoms with Crippen molar-refractivity contribution < 1.29 is 12.8 Å². The highest BCUT2D eigenvalue weighted by molar-refractivity contribution is 9.10. The molecule has 1 aromatic carbocycles. The van der Waals surface area contributed by atoms with Gasteiger partial charge in [-0.2, -0.15) is 5.26 Å². The molecule has 1 N–H and O–H groups in total. The topological polar surface area (TPSA) is 70.0 Å². The summed E-state index contributed by atoms with van der Waals surface area (Å²) >= 11 is 4.66. The molecule has 4 nitrogen and oxygen atoms in total. The van der Waals surface area contributed by atoms with Crippen molar-refractivity contribution in [1.82, 2.24) is 4.72 Å². The molecule has 0 radical (unpaired) electrons. The Labute approximate surface area is 128 Å². The molecule has 0 saturated heterocycles. The predicted octanol–water partition coefficient (Wildman–Crippen LogP) is 3.00. The van der Waals surface area contributed by atoms with Crippen LogP contribution < -0.4 is 4.72 Å². The number of thiophene rings is 1. The fourth-order valence-electron chi connectivity index (χ4n) is 1.53. The largest absolute Gasteiger partial charge is 0.242 e. The van der Waals surface area contributed by atoms with Gasteiger partial charge in [0.2, 0.25) is 10.0 Å². The number of benzene rings is 1. The Hall–Kier alpha value is -1.27. The molecule has 0 unspecified atom stereocenters. The van der Waals surface area contributed by atoms with E-state index in [1.54, 1.807) is 12.1 Å². The summed E-state index contributed by atoms with van der Waals surface area (Å²) in [6.07, 6.45) is 0. The van der Waals surface area contributed by atoms with E-state index in [4.69, 9.17) is 5.26 Å². The maximum atomic E-state index is 13.4. The lowest BCUT2D eigenvalue weighted by Crippen LogP contribution is -2.24. The van der Waals surface area contributed by atoms with E-state index in [9.17, 15) is 12.8 Å². The van der Waals surface area contributed by atoms with Gasteiger partial charge in [0.05, 0.1) is 0 Å². The van der Waals surface area contributed by atoms with Gasteiger partial charge < -0.3 is 0 Å². The van der Waals surface area contributed by atoms with E-state index < -0.39 is 21.4 Å². The molecule has 2 aromatic rings. The first kappa shape index (κ1) is 15.1. The average molecular weight is 375 g/mol. The van der Waals surface area contributed by atoms with Gasteiger partial charge in [-0.15, -0.1) is 11.3 Å². The summed E-state index contributed by atoms with van der Waals surface area (Å²) in [4.78, 5) is 0.450. The monoisotopic (exact) mass is 374 g/mol. The normalized spacial score (nSPS) is 11.2. The molecule has 0 aliphatic carbocycles. The molecule has 0 spiro atoms. The van der Waals surface area contributed by atoms with Crippen molar-refractivity contribution in [3.8, 4) is 6.07 Å². The minimum Gasteiger partial charge on any atom is -0.207 e. The predicted molar refractivity (Wildman–Crippen MR) is 77.2 cm³/mol. The van der Waals surface area contributed by atoms with Crippen LogP contribution in [0.25, 0.3) is 0 Å². The van der Waals surface area contributed by atoms with E-state index in [-0.39, 0.29) is 11.4 Å². The van der Waals surface area contributed by atoms with Crippen LogP contribution in [0.2, 0.25) is 0 Å². The summed E-state index contributed by atoms with van der Waals surface area (Å²) in [5.74, 6) is -0.853. The number of hydrogen-bond acceptors (Lipinski definition) is 4. The van der Waals surface area contributed by atoms with E-state index in [1.807, 2.05) is 5.38 Å². The van der Waals surface area contributed by atoms with Crippen LogP contribution in [0.1, 0.15) is 10.4 Å². The van der Waals surface area contributed by atoms with Crippen LogP contribution in [0.15, 0.2) is 39.0 Å². The lowest BCUT2D eigenvalue weighted by molar-refractivity contribution is 0.576. The summed E-state index contributed by atoms with van der Waals surface area (Å²) in [6, 6.07) is 6.86. The molecule has 0 fully saturated rings. The molecule has 2 rings (SSSR count). The zero-order valence-corrected chi connectivity index (χ0v) is 13.1. The fraction of sp³-hybridized carbons (Fsp3) is 0.0833. The quantitative estimate of drug-likeness (QED) is 0.893. The van der Waals surface area contributed by atoms with Gasteiger partial charge in [0.25, 0.3) is 0 Å². The molecular formula is C12H8BrFN2O2S2. The maximum Gasteiger partial charge on any atom is 0.242 e. The van der Waals surface area contributed by atoms with Gasteiger partial charge in [-0.3, -0.25) is 0 Å². The van der Waals surface area contributed by atoms with Gasteiger partial charge in [-0.25, -0.2) is 17.5 Å². The van der Waals surface area contributed by atoms with Crippen molar-refractivity contribution in [2.24, 2.45) is 0 Å². The third kappa shape index (κ3) is 3.24. The van der Waals surface area contributed by atoms with Crippen LogP contribution >= 0.6 is 27.3 Å². The second kappa shape index (κ2) is 6.01. The van der Waals surface area contributed by atoms with Crippen LogP contribution in [0.4, 0.5) is 4.39 Å². The maximum absolute atomic E-state index is 13.4. The van der Waals surface area contributed by atoms with Crippen molar-refractivity contribution in [2.75, 3.05) is 0 Å². The van der Waals surface area contributed by atoms with E-state index in [2.05, 4.69) is 20.7 Å². The molecule has 8 heteroatoms. The minimum absolute atomic E-state index is 0.0833. The Morgan fingerprint density at radius 3 is 2.80 bits per heavy atom. The van der Waals surface area contributed by atoms with Crippen LogP contribution in [-0.4, -0.2) is 8.42 Å². The van der Waals surface area contributed by atoms with Crippen molar-refractivity contribution >= 4 is 37.3 Å². The van der Waals surface area contributed by atoms with E-state index >= 15 is 0 Å². The second-order valence-corrected chi connectivity index (χ2v) is 7.43. The molecule has 0 saturated carbocycles. The molecule has 1 heterocycles. The molecule has 0 amide bonds. The Morgan fingerprint density at radius 2 is 2.20 bits per heavy atom.